The molecule has 2 heterocycles. The van der Waals surface area contributed by atoms with Crippen molar-refractivity contribution in [1.82, 2.24) is 25.7 Å². The minimum absolute atomic E-state index is 0.114. The maximum Gasteiger partial charge on any atom is 0.271 e. The molecule has 0 bridgehead atoms. The number of rotatable bonds is 9. The molecule has 7 N–H and O–H groups in total. The van der Waals surface area contributed by atoms with Gasteiger partial charge in [0.15, 0.2) is 6.10 Å². The van der Waals surface area contributed by atoms with Crippen molar-refractivity contribution in [2.75, 3.05) is 13.7 Å². The predicted octanol–water partition coefficient (Wildman–Crippen LogP) is -3.11. The Morgan fingerprint density at radius 1 is 1.28 bits per heavy atom. The molecule has 0 spiro atoms. The number of hydrogen-bond acceptors (Lipinski definition) is 11. The van der Waals surface area contributed by atoms with Gasteiger partial charge in [0.25, 0.3) is 5.91 Å². The SMILES string of the molecule is COc1ccc([C@@H](O)[C@H](O)C(=O)N/N=C/c2cnnn2C[C@H]2N[C@H](CO)[C@@H](O)[C@@H]2O)cc1. The Balaban J connectivity index is 1.57. The van der Waals surface area contributed by atoms with E-state index in [4.69, 9.17) is 4.74 Å². The first kappa shape index (κ1) is 23.7. The van der Waals surface area contributed by atoms with E-state index in [0.29, 0.717) is 17.0 Å². The van der Waals surface area contributed by atoms with Gasteiger partial charge in [-0.05, 0) is 17.7 Å². The van der Waals surface area contributed by atoms with E-state index in [1.807, 2.05) is 0 Å². The van der Waals surface area contributed by atoms with Crippen molar-refractivity contribution < 1.29 is 35.1 Å². The monoisotopic (exact) mass is 450 g/mol. The molecule has 0 aliphatic carbocycles. The molecular formula is C19H26N6O7. The van der Waals surface area contributed by atoms with Crippen molar-refractivity contribution >= 4 is 12.1 Å². The Morgan fingerprint density at radius 3 is 2.59 bits per heavy atom. The molecular weight excluding hydrogens is 424 g/mol. The van der Waals surface area contributed by atoms with Crippen LogP contribution < -0.4 is 15.5 Å². The fourth-order valence-corrected chi connectivity index (χ4v) is 3.32. The Hall–Kier alpha value is -2.94. The van der Waals surface area contributed by atoms with E-state index in [-0.39, 0.29) is 13.2 Å². The van der Waals surface area contributed by atoms with E-state index in [1.54, 1.807) is 12.1 Å². The molecule has 0 radical (unpaired) electrons. The first-order valence-electron chi connectivity index (χ1n) is 9.80. The minimum Gasteiger partial charge on any atom is -0.497 e. The summed E-state index contributed by atoms with van der Waals surface area (Å²) in [6.07, 6.45) is -2.88. The third kappa shape index (κ3) is 5.27. The van der Waals surface area contributed by atoms with Crippen LogP contribution in [0.3, 0.4) is 0 Å². The lowest BCUT2D eigenvalue weighted by Gasteiger charge is -2.17. The molecule has 1 amide bonds. The number of aliphatic hydroxyl groups is 5. The second-order valence-electron chi connectivity index (χ2n) is 7.28. The Morgan fingerprint density at radius 2 is 1.97 bits per heavy atom. The van der Waals surface area contributed by atoms with Gasteiger partial charge in [-0.2, -0.15) is 5.10 Å². The molecule has 3 rings (SSSR count). The topological polar surface area (TPSA) is 195 Å². The maximum absolute atomic E-state index is 12.1. The van der Waals surface area contributed by atoms with Gasteiger partial charge in [-0.25, -0.2) is 10.1 Å². The molecule has 2 aromatic rings. The van der Waals surface area contributed by atoms with Crippen LogP contribution in [-0.2, 0) is 11.3 Å². The summed E-state index contributed by atoms with van der Waals surface area (Å²) < 4.78 is 6.40. The number of amides is 1. The fraction of sp³-hybridized carbons (Fsp3) is 0.474. The normalized spacial score (nSPS) is 25.1. The summed E-state index contributed by atoms with van der Waals surface area (Å²) in [4.78, 5) is 12.1. The van der Waals surface area contributed by atoms with Crippen LogP contribution in [0.1, 0.15) is 17.4 Å². The first-order valence-corrected chi connectivity index (χ1v) is 9.80. The maximum atomic E-state index is 12.1. The number of nitrogens with one attached hydrogen (secondary N) is 2. The number of hydrogen-bond donors (Lipinski definition) is 7. The lowest BCUT2D eigenvalue weighted by molar-refractivity contribution is -0.135. The van der Waals surface area contributed by atoms with Gasteiger partial charge in [0.1, 0.15) is 17.5 Å². The molecule has 0 saturated carbocycles. The lowest BCUT2D eigenvalue weighted by Crippen LogP contribution is -2.38. The third-order valence-electron chi connectivity index (χ3n) is 5.21. The standard InChI is InChI=1S/C19H26N6O7/c1-32-12-4-2-10(3-5-12)15(27)18(30)19(31)23-20-6-11-7-21-24-25(11)8-13-16(28)17(29)14(9-26)22-13/h2-7,13-18,22,26-30H,8-9H2,1H3,(H,23,31)/b20-6+/t13-,14-,15-,16-,17-,18+/m1/s1. The molecule has 1 aromatic heterocycles. The molecule has 0 unspecified atom stereocenters. The van der Waals surface area contributed by atoms with Gasteiger partial charge < -0.3 is 35.6 Å². The molecule has 32 heavy (non-hydrogen) atoms. The van der Waals surface area contributed by atoms with Crippen LogP contribution in [0.5, 0.6) is 5.75 Å². The summed E-state index contributed by atoms with van der Waals surface area (Å²) in [7, 11) is 1.49. The van der Waals surface area contributed by atoms with Crippen molar-refractivity contribution in [3.63, 3.8) is 0 Å². The van der Waals surface area contributed by atoms with Crippen molar-refractivity contribution in [1.29, 1.82) is 0 Å². The number of carbonyl (C=O) groups excluding carboxylic acids is 1. The zero-order valence-corrected chi connectivity index (χ0v) is 17.2. The Bertz CT molecular complexity index is 921. The van der Waals surface area contributed by atoms with Gasteiger partial charge in [-0.15, -0.1) is 5.10 Å². The molecule has 1 saturated heterocycles. The summed E-state index contributed by atoms with van der Waals surface area (Å²) in [5.41, 5.74) is 2.83. The largest absolute Gasteiger partial charge is 0.497 e. The van der Waals surface area contributed by atoms with Crippen molar-refractivity contribution in [2.24, 2.45) is 5.10 Å². The van der Waals surface area contributed by atoms with Crippen molar-refractivity contribution in [2.45, 2.75) is 43.0 Å². The number of benzene rings is 1. The molecule has 13 heteroatoms. The van der Waals surface area contributed by atoms with Crippen molar-refractivity contribution in [3.05, 3.63) is 41.7 Å². The van der Waals surface area contributed by atoms with Crippen LogP contribution in [0.15, 0.2) is 35.6 Å². The van der Waals surface area contributed by atoms with E-state index in [0.717, 1.165) is 0 Å². The summed E-state index contributed by atoms with van der Waals surface area (Å²) in [5, 5.41) is 63.8. The van der Waals surface area contributed by atoms with E-state index < -0.39 is 42.4 Å². The van der Waals surface area contributed by atoms with Gasteiger partial charge in [-0.3, -0.25) is 4.79 Å². The van der Waals surface area contributed by atoms with Crippen LogP contribution in [0.4, 0.5) is 0 Å². The smallest absolute Gasteiger partial charge is 0.271 e. The van der Waals surface area contributed by atoms with Crippen LogP contribution in [0.2, 0.25) is 0 Å². The average Bonchev–Trinajstić information content (AvgIpc) is 3.37. The van der Waals surface area contributed by atoms with E-state index in [1.165, 1.54) is 36.3 Å². The van der Waals surface area contributed by atoms with E-state index >= 15 is 0 Å². The van der Waals surface area contributed by atoms with Crippen LogP contribution >= 0.6 is 0 Å². The number of aromatic nitrogens is 3. The Labute approximate surface area is 183 Å². The number of methoxy groups -OCH3 is 1. The highest BCUT2D eigenvalue weighted by Crippen LogP contribution is 2.20. The molecule has 1 aromatic carbocycles. The predicted molar refractivity (Wildman–Crippen MR) is 110 cm³/mol. The summed E-state index contributed by atoms with van der Waals surface area (Å²) in [6, 6.07) is 4.98. The summed E-state index contributed by atoms with van der Waals surface area (Å²) in [6.45, 7) is -0.222. The number of hydrazone groups is 1. The highest BCUT2D eigenvalue weighted by Gasteiger charge is 2.40. The molecule has 1 aliphatic heterocycles. The van der Waals surface area contributed by atoms with Crippen LogP contribution in [0, 0.1) is 0 Å². The van der Waals surface area contributed by atoms with Gasteiger partial charge in [0.2, 0.25) is 0 Å². The first-order chi connectivity index (χ1) is 15.3. The highest BCUT2D eigenvalue weighted by atomic mass is 16.5. The molecule has 174 valence electrons. The minimum atomic E-state index is -1.77. The van der Waals surface area contributed by atoms with Gasteiger partial charge >= 0.3 is 0 Å². The zero-order chi connectivity index (χ0) is 23.3. The van der Waals surface area contributed by atoms with Gasteiger partial charge in [-0.1, -0.05) is 17.3 Å². The number of carbonyl (C=O) groups is 1. The molecule has 6 atom stereocenters. The van der Waals surface area contributed by atoms with Crippen LogP contribution in [-0.4, -0.2) is 96.8 Å². The molecule has 13 nitrogen and oxygen atoms in total. The van der Waals surface area contributed by atoms with Crippen molar-refractivity contribution in [3.8, 4) is 5.75 Å². The number of ether oxygens (including phenoxy) is 1. The van der Waals surface area contributed by atoms with E-state index in [2.05, 4.69) is 26.2 Å². The third-order valence-corrected chi connectivity index (χ3v) is 5.21. The molecule has 1 fully saturated rings. The van der Waals surface area contributed by atoms with Gasteiger partial charge in [0.05, 0.1) is 57.0 Å². The second-order valence-corrected chi connectivity index (χ2v) is 7.28. The summed E-state index contributed by atoms with van der Waals surface area (Å²) >= 11 is 0. The Kier molecular flexibility index (Phi) is 7.84. The van der Waals surface area contributed by atoms with E-state index in [9.17, 15) is 30.3 Å². The highest BCUT2D eigenvalue weighted by molar-refractivity contribution is 5.83. The van der Waals surface area contributed by atoms with Gasteiger partial charge in [0, 0.05) is 0 Å². The zero-order valence-electron chi connectivity index (χ0n) is 17.2. The lowest BCUT2D eigenvalue weighted by atomic mass is 10.0. The number of nitrogens with zero attached hydrogens (tertiary/aromatic N) is 4. The number of aliphatic hydroxyl groups excluding tert-OH is 5. The fourth-order valence-electron chi connectivity index (χ4n) is 3.32. The summed E-state index contributed by atoms with van der Waals surface area (Å²) in [5.74, 6) is -0.359. The average molecular weight is 450 g/mol. The van der Waals surface area contributed by atoms with Crippen LogP contribution in [0.25, 0.3) is 0 Å². The second kappa shape index (κ2) is 10.6. The quantitative estimate of drug-likeness (QED) is 0.152. The molecule has 1 aliphatic rings.